The third-order valence-corrected chi connectivity index (χ3v) is 3.99. The lowest BCUT2D eigenvalue weighted by molar-refractivity contribution is -0.135. The first-order valence-corrected chi connectivity index (χ1v) is 9.07. The van der Waals surface area contributed by atoms with Gasteiger partial charge in [-0.3, -0.25) is 9.59 Å². The van der Waals surface area contributed by atoms with Crippen LogP contribution >= 0.6 is 0 Å². The summed E-state index contributed by atoms with van der Waals surface area (Å²) in [7, 11) is 1.59. The van der Waals surface area contributed by atoms with Crippen LogP contribution in [0.2, 0.25) is 0 Å². The summed E-state index contributed by atoms with van der Waals surface area (Å²) in [5.74, 6) is 0.761. The van der Waals surface area contributed by atoms with Crippen molar-refractivity contribution >= 4 is 17.8 Å². The quantitative estimate of drug-likeness (QED) is 0.322. The van der Waals surface area contributed by atoms with Gasteiger partial charge in [-0.05, 0) is 19.8 Å². The van der Waals surface area contributed by atoms with Gasteiger partial charge in [0.05, 0.1) is 6.61 Å². The number of hydrogen-bond donors (Lipinski definition) is 3. The van der Waals surface area contributed by atoms with Gasteiger partial charge in [0.15, 0.2) is 5.96 Å². The number of aliphatic imine (C=N–C) groups is 1. The van der Waals surface area contributed by atoms with Crippen molar-refractivity contribution in [1.82, 2.24) is 20.9 Å². The van der Waals surface area contributed by atoms with Crippen molar-refractivity contribution in [3.8, 4) is 0 Å². The molecule has 0 atom stereocenters. The average Bonchev–Trinajstić information content (AvgIpc) is 2.60. The van der Waals surface area contributed by atoms with Crippen LogP contribution in [0.5, 0.6) is 0 Å². The van der Waals surface area contributed by atoms with Crippen molar-refractivity contribution in [2.45, 2.75) is 39.7 Å². The predicted molar refractivity (Wildman–Crippen MR) is 98.4 cm³/mol. The van der Waals surface area contributed by atoms with Crippen LogP contribution in [-0.2, 0) is 14.3 Å². The van der Waals surface area contributed by atoms with Crippen LogP contribution in [0.4, 0.5) is 0 Å². The molecule has 0 saturated carbocycles. The van der Waals surface area contributed by atoms with Crippen molar-refractivity contribution in [2.75, 3.05) is 46.4 Å². The van der Waals surface area contributed by atoms with Gasteiger partial charge in [0.25, 0.3) is 0 Å². The molecule has 0 aromatic heterocycles. The van der Waals surface area contributed by atoms with E-state index in [0.29, 0.717) is 19.1 Å². The van der Waals surface area contributed by atoms with Crippen LogP contribution in [0.3, 0.4) is 0 Å². The topological polar surface area (TPSA) is 95.1 Å². The fourth-order valence-electron chi connectivity index (χ4n) is 2.62. The summed E-state index contributed by atoms with van der Waals surface area (Å²) in [5, 5.41) is 9.27. The van der Waals surface area contributed by atoms with Gasteiger partial charge in [0.1, 0.15) is 6.54 Å². The van der Waals surface area contributed by atoms with Crippen molar-refractivity contribution in [3.05, 3.63) is 0 Å². The summed E-state index contributed by atoms with van der Waals surface area (Å²) in [6, 6.07) is 0.255. The molecule has 0 aliphatic carbocycles. The van der Waals surface area contributed by atoms with Crippen molar-refractivity contribution in [2.24, 2.45) is 10.9 Å². The molecular weight excluding hydrogens is 322 g/mol. The van der Waals surface area contributed by atoms with E-state index in [-0.39, 0.29) is 30.3 Å². The van der Waals surface area contributed by atoms with E-state index in [2.05, 4.69) is 20.9 Å². The van der Waals surface area contributed by atoms with Crippen LogP contribution in [0.1, 0.15) is 33.6 Å². The Morgan fingerprint density at radius 2 is 1.92 bits per heavy atom. The molecule has 0 spiro atoms. The molecule has 0 aromatic rings. The van der Waals surface area contributed by atoms with E-state index in [1.54, 1.807) is 7.11 Å². The first-order chi connectivity index (χ1) is 12.0. The largest absolute Gasteiger partial charge is 0.383 e. The predicted octanol–water partition coefficient (Wildman–Crippen LogP) is -0.0489. The highest BCUT2D eigenvalue weighted by Crippen LogP contribution is 2.13. The van der Waals surface area contributed by atoms with E-state index < -0.39 is 0 Å². The minimum Gasteiger partial charge on any atom is -0.383 e. The van der Waals surface area contributed by atoms with Gasteiger partial charge in [-0.2, -0.15) is 0 Å². The van der Waals surface area contributed by atoms with Gasteiger partial charge in [-0.1, -0.05) is 13.8 Å². The molecular formula is C17H33N5O3. The smallest absolute Gasteiger partial charge is 0.241 e. The average molecular weight is 355 g/mol. The molecule has 1 fully saturated rings. The molecule has 0 bridgehead atoms. The van der Waals surface area contributed by atoms with Gasteiger partial charge in [0, 0.05) is 45.2 Å². The summed E-state index contributed by atoms with van der Waals surface area (Å²) in [5.41, 5.74) is 0. The maximum atomic E-state index is 12.0. The second-order valence-electron chi connectivity index (χ2n) is 6.44. The molecule has 0 unspecified atom stereocenters. The molecule has 0 aromatic carbocycles. The zero-order valence-corrected chi connectivity index (χ0v) is 15.9. The lowest BCUT2D eigenvalue weighted by Gasteiger charge is -2.34. The second kappa shape index (κ2) is 11.7. The zero-order chi connectivity index (χ0) is 18.7. The number of rotatable bonds is 8. The molecule has 2 amide bonds. The van der Waals surface area contributed by atoms with Crippen LogP contribution in [0.25, 0.3) is 0 Å². The molecule has 3 N–H and O–H groups in total. The summed E-state index contributed by atoms with van der Waals surface area (Å²) in [6.07, 6.45) is 1.76. The van der Waals surface area contributed by atoms with E-state index in [4.69, 9.17) is 4.74 Å². The molecule has 1 aliphatic heterocycles. The Morgan fingerprint density at radius 1 is 1.24 bits per heavy atom. The number of nitrogens with zero attached hydrogens (tertiary/aromatic N) is 2. The number of nitrogens with one attached hydrogen (secondary N) is 3. The highest BCUT2D eigenvalue weighted by molar-refractivity contribution is 5.85. The first kappa shape index (κ1) is 21.2. The number of guanidine groups is 1. The Balaban J connectivity index is 2.43. The number of likely N-dealkylation sites (tertiary alicyclic amines) is 1. The zero-order valence-electron chi connectivity index (χ0n) is 15.9. The fraction of sp³-hybridized carbons (Fsp3) is 0.824. The highest BCUT2D eigenvalue weighted by atomic mass is 16.5. The maximum Gasteiger partial charge on any atom is 0.241 e. The number of piperidine rings is 1. The van der Waals surface area contributed by atoms with Crippen LogP contribution in [0.15, 0.2) is 4.99 Å². The summed E-state index contributed by atoms with van der Waals surface area (Å²) in [6.45, 7) is 9.13. The Hall–Kier alpha value is -1.83. The molecule has 1 rings (SSSR count). The van der Waals surface area contributed by atoms with E-state index in [0.717, 1.165) is 32.5 Å². The number of carbonyl (C=O) groups is 2. The minimum absolute atomic E-state index is 0.0417. The first-order valence-electron chi connectivity index (χ1n) is 9.07. The Labute approximate surface area is 150 Å². The monoisotopic (exact) mass is 355 g/mol. The number of amides is 2. The van der Waals surface area contributed by atoms with Gasteiger partial charge < -0.3 is 25.6 Å². The minimum atomic E-state index is -0.133. The van der Waals surface area contributed by atoms with E-state index in [1.165, 1.54) is 0 Å². The molecule has 0 radical (unpaired) electrons. The normalized spacial score (nSPS) is 16.0. The van der Waals surface area contributed by atoms with Crippen molar-refractivity contribution < 1.29 is 14.3 Å². The van der Waals surface area contributed by atoms with Crippen LogP contribution < -0.4 is 16.0 Å². The van der Waals surface area contributed by atoms with Crippen LogP contribution in [-0.4, -0.2) is 75.2 Å². The van der Waals surface area contributed by atoms with Gasteiger partial charge >= 0.3 is 0 Å². The summed E-state index contributed by atoms with van der Waals surface area (Å²) < 4.78 is 4.89. The summed E-state index contributed by atoms with van der Waals surface area (Å²) >= 11 is 0. The van der Waals surface area contributed by atoms with Gasteiger partial charge in [-0.25, -0.2) is 4.99 Å². The molecule has 8 nitrogen and oxygen atoms in total. The SMILES string of the molecule is CCNC(=NCC(=O)NCCOC)NC1CCN(C(=O)C(C)C)CC1. The van der Waals surface area contributed by atoms with Crippen molar-refractivity contribution in [1.29, 1.82) is 0 Å². The second-order valence-corrected chi connectivity index (χ2v) is 6.44. The molecule has 144 valence electrons. The number of carbonyl (C=O) groups excluding carboxylic acids is 2. The Bertz CT molecular complexity index is 446. The van der Waals surface area contributed by atoms with E-state index in [9.17, 15) is 9.59 Å². The van der Waals surface area contributed by atoms with Crippen LogP contribution in [0, 0.1) is 5.92 Å². The number of ether oxygens (including phenoxy) is 1. The molecule has 8 heteroatoms. The van der Waals surface area contributed by atoms with Crippen molar-refractivity contribution in [3.63, 3.8) is 0 Å². The van der Waals surface area contributed by atoms with Gasteiger partial charge in [-0.15, -0.1) is 0 Å². The standard InChI is InChI=1S/C17H33N5O3/c1-5-18-17(20-12-15(23)19-8-11-25-4)21-14-6-9-22(10-7-14)16(24)13(2)3/h13-14H,5-12H2,1-4H3,(H,19,23)(H2,18,20,21). The fourth-order valence-corrected chi connectivity index (χ4v) is 2.62. The lowest BCUT2D eigenvalue weighted by atomic mass is 10.0. The third-order valence-electron chi connectivity index (χ3n) is 3.99. The Kier molecular flexibility index (Phi) is 9.91. The number of methoxy groups -OCH3 is 1. The van der Waals surface area contributed by atoms with E-state index in [1.807, 2.05) is 25.7 Å². The molecule has 1 saturated heterocycles. The maximum absolute atomic E-state index is 12.0. The summed E-state index contributed by atoms with van der Waals surface area (Å²) in [4.78, 5) is 30.0. The van der Waals surface area contributed by atoms with Gasteiger partial charge in [0.2, 0.25) is 11.8 Å². The highest BCUT2D eigenvalue weighted by Gasteiger charge is 2.24. The van der Waals surface area contributed by atoms with E-state index >= 15 is 0 Å². The lowest BCUT2D eigenvalue weighted by Crippen LogP contribution is -2.50. The molecule has 25 heavy (non-hydrogen) atoms. The molecule has 1 heterocycles. The number of hydrogen-bond acceptors (Lipinski definition) is 4. The Morgan fingerprint density at radius 3 is 2.48 bits per heavy atom. The molecule has 1 aliphatic rings. The third kappa shape index (κ3) is 8.20.